The molecule has 3 rings (SSSR count). The van der Waals surface area contributed by atoms with E-state index in [9.17, 15) is 9.59 Å². The minimum atomic E-state index is -0.237. The molecule has 0 radical (unpaired) electrons. The molecular formula is C22H26N2O3. The fraction of sp³-hybridized carbons (Fsp3) is 0.364. The van der Waals surface area contributed by atoms with Crippen LogP contribution in [0.1, 0.15) is 32.6 Å². The fourth-order valence-electron chi connectivity index (χ4n) is 3.30. The van der Waals surface area contributed by atoms with Crippen molar-refractivity contribution in [1.29, 1.82) is 0 Å². The summed E-state index contributed by atoms with van der Waals surface area (Å²) >= 11 is 0. The van der Waals surface area contributed by atoms with Gasteiger partial charge in [0.25, 0.3) is 11.8 Å². The normalized spacial score (nSPS) is 17.1. The zero-order valence-electron chi connectivity index (χ0n) is 16.3. The molecule has 0 bridgehead atoms. The Morgan fingerprint density at radius 3 is 2.44 bits per heavy atom. The van der Waals surface area contributed by atoms with Crippen LogP contribution >= 0.6 is 0 Å². The maximum atomic E-state index is 12.4. The molecule has 1 unspecified atom stereocenters. The number of hydrogen-bond acceptors (Lipinski definition) is 3. The van der Waals surface area contributed by atoms with Gasteiger partial charge in [-0.25, -0.2) is 0 Å². The zero-order chi connectivity index (χ0) is 19.6. The van der Waals surface area contributed by atoms with Crippen molar-refractivity contribution in [2.75, 3.05) is 24.6 Å². The molecule has 1 atom stereocenters. The van der Waals surface area contributed by atoms with Gasteiger partial charge in [-0.15, -0.1) is 0 Å². The molecule has 2 aromatic carbocycles. The monoisotopic (exact) mass is 366 g/mol. The highest BCUT2D eigenvalue weighted by Gasteiger charge is 2.28. The van der Waals surface area contributed by atoms with Gasteiger partial charge in [-0.3, -0.25) is 9.59 Å². The highest BCUT2D eigenvalue weighted by molar-refractivity contribution is 5.96. The Kier molecular flexibility index (Phi) is 5.61. The molecule has 0 aliphatic carbocycles. The molecule has 0 aromatic heterocycles. The van der Waals surface area contributed by atoms with Crippen LogP contribution in [0, 0.1) is 27.7 Å². The van der Waals surface area contributed by atoms with Crippen LogP contribution in [0.2, 0.25) is 0 Å². The fourth-order valence-corrected chi connectivity index (χ4v) is 3.30. The van der Waals surface area contributed by atoms with E-state index in [1.165, 1.54) is 0 Å². The van der Waals surface area contributed by atoms with Gasteiger partial charge in [0.2, 0.25) is 0 Å². The summed E-state index contributed by atoms with van der Waals surface area (Å²) in [6, 6.07) is 11.7. The second-order valence-electron chi connectivity index (χ2n) is 7.29. The number of ether oxygens (including phenoxy) is 1. The molecule has 142 valence electrons. The average molecular weight is 366 g/mol. The Morgan fingerprint density at radius 2 is 1.78 bits per heavy atom. The molecule has 5 heteroatoms. The van der Waals surface area contributed by atoms with Crippen molar-refractivity contribution in [3.05, 3.63) is 64.2 Å². The Hall–Kier alpha value is -2.66. The predicted molar refractivity (Wildman–Crippen MR) is 106 cm³/mol. The first kappa shape index (κ1) is 19.1. The lowest BCUT2D eigenvalue weighted by Gasteiger charge is -2.33. The molecule has 5 nitrogen and oxygen atoms in total. The number of carbonyl (C=O) groups is 2. The second kappa shape index (κ2) is 7.92. The van der Waals surface area contributed by atoms with Crippen molar-refractivity contribution >= 4 is 17.5 Å². The summed E-state index contributed by atoms with van der Waals surface area (Å²) < 4.78 is 5.63. The van der Waals surface area contributed by atoms with E-state index in [1.54, 1.807) is 4.90 Å². The van der Waals surface area contributed by atoms with E-state index >= 15 is 0 Å². The molecule has 2 aromatic rings. The van der Waals surface area contributed by atoms with Gasteiger partial charge < -0.3 is 15.0 Å². The molecule has 1 aliphatic heterocycles. The number of nitrogens with zero attached hydrogens (tertiary/aromatic N) is 1. The number of aryl methyl sites for hydroxylation is 4. The highest BCUT2D eigenvalue weighted by Crippen LogP contribution is 2.22. The van der Waals surface area contributed by atoms with Gasteiger partial charge in [0.05, 0.1) is 12.6 Å². The van der Waals surface area contributed by atoms with Crippen molar-refractivity contribution in [1.82, 2.24) is 5.32 Å². The molecule has 1 N–H and O–H groups in total. The van der Waals surface area contributed by atoms with E-state index in [0.717, 1.165) is 27.9 Å². The van der Waals surface area contributed by atoms with E-state index in [1.807, 2.05) is 58.0 Å². The third-order valence-electron chi connectivity index (χ3n) is 4.91. The van der Waals surface area contributed by atoms with Crippen molar-refractivity contribution in [3.63, 3.8) is 0 Å². The van der Waals surface area contributed by atoms with E-state index in [0.29, 0.717) is 18.7 Å². The lowest BCUT2D eigenvalue weighted by molar-refractivity contribution is -0.129. The molecule has 0 saturated carbocycles. The number of amides is 2. The first-order valence-corrected chi connectivity index (χ1v) is 9.19. The van der Waals surface area contributed by atoms with Crippen molar-refractivity contribution < 1.29 is 14.3 Å². The molecular weight excluding hydrogens is 340 g/mol. The third kappa shape index (κ3) is 4.55. The van der Waals surface area contributed by atoms with Crippen LogP contribution < -0.4 is 10.2 Å². The summed E-state index contributed by atoms with van der Waals surface area (Å²) in [6.07, 6.45) is -0.237. The maximum absolute atomic E-state index is 12.4. The van der Waals surface area contributed by atoms with Crippen molar-refractivity contribution in [2.24, 2.45) is 0 Å². The first-order valence-electron chi connectivity index (χ1n) is 9.19. The Morgan fingerprint density at radius 1 is 1.07 bits per heavy atom. The number of benzene rings is 2. The van der Waals surface area contributed by atoms with Crippen LogP contribution in [-0.4, -0.2) is 37.6 Å². The van der Waals surface area contributed by atoms with Gasteiger partial charge in [0.1, 0.15) is 6.61 Å². The number of hydrogen-bond donors (Lipinski definition) is 1. The van der Waals surface area contributed by atoms with Crippen molar-refractivity contribution in [3.8, 4) is 0 Å². The lowest BCUT2D eigenvalue weighted by Crippen LogP contribution is -2.50. The molecule has 1 aliphatic rings. The van der Waals surface area contributed by atoms with Crippen LogP contribution in [0.15, 0.2) is 36.4 Å². The summed E-state index contributed by atoms with van der Waals surface area (Å²) in [5.41, 5.74) is 5.99. The van der Waals surface area contributed by atoms with Crippen LogP contribution in [0.25, 0.3) is 0 Å². The number of anilines is 1. The largest absolute Gasteiger partial charge is 0.365 e. The van der Waals surface area contributed by atoms with Gasteiger partial charge in [-0.05, 0) is 74.2 Å². The highest BCUT2D eigenvalue weighted by atomic mass is 16.5. The summed E-state index contributed by atoms with van der Waals surface area (Å²) in [5, 5.41) is 2.92. The maximum Gasteiger partial charge on any atom is 0.253 e. The zero-order valence-corrected chi connectivity index (χ0v) is 16.3. The molecule has 1 fully saturated rings. The molecule has 2 amide bonds. The van der Waals surface area contributed by atoms with Gasteiger partial charge in [0.15, 0.2) is 0 Å². The standard InChI is InChI=1S/C22H26N2O3/c1-14-7-15(2)9-19(8-14)24-12-20(27-13-21(24)25)11-23-22(26)18-6-5-16(3)17(4)10-18/h5-10,20H,11-13H2,1-4H3,(H,23,26). The van der Waals surface area contributed by atoms with Gasteiger partial charge in [0, 0.05) is 17.8 Å². The van der Waals surface area contributed by atoms with Crippen LogP contribution in [0.5, 0.6) is 0 Å². The first-order chi connectivity index (χ1) is 12.8. The summed E-state index contributed by atoms with van der Waals surface area (Å²) in [7, 11) is 0. The Bertz CT molecular complexity index is 856. The molecule has 1 heterocycles. The number of rotatable bonds is 4. The van der Waals surface area contributed by atoms with Crippen LogP contribution in [0.4, 0.5) is 5.69 Å². The van der Waals surface area contributed by atoms with Crippen molar-refractivity contribution in [2.45, 2.75) is 33.8 Å². The van der Waals surface area contributed by atoms with Crippen LogP contribution in [0.3, 0.4) is 0 Å². The summed E-state index contributed by atoms with van der Waals surface area (Å²) in [5.74, 6) is -0.187. The van der Waals surface area contributed by atoms with Gasteiger partial charge in [-0.2, -0.15) is 0 Å². The van der Waals surface area contributed by atoms with Crippen LogP contribution in [-0.2, 0) is 9.53 Å². The number of carbonyl (C=O) groups excluding carboxylic acids is 2. The summed E-state index contributed by atoms with van der Waals surface area (Å²) in [4.78, 5) is 26.5. The third-order valence-corrected chi connectivity index (χ3v) is 4.91. The number of nitrogens with one attached hydrogen (secondary N) is 1. The SMILES string of the molecule is Cc1cc(C)cc(N2CC(CNC(=O)c3ccc(C)c(C)c3)OCC2=O)c1. The Labute approximate surface area is 160 Å². The minimum absolute atomic E-state index is 0.0250. The van der Waals surface area contributed by atoms with E-state index < -0.39 is 0 Å². The quantitative estimate of drug-likeness (QED) is 0.905. The summed E-state index contributed by atoms with van der Waals surface area (Å²) in [6.45, 7) is 8.85. The number of morpholine rings is 1. The van der Waals surface area contributed by atoms with Gasteiger partial charge >= 0.3 is 0 Å². The molecule has 27 heavy (non-hydrogen) atoms. The molecule has 1 saturated heterocycles. The predicted octanol–water partition coefficient (Wildman–Crippen LogP) is 3.08. The smallest absolute Gasteiger partial charge is 0.253 e. The molecule has 0 spiro atoms. The van der Waals surface area contributed by atoms with Gasteiger partial charge in [-0.1, -0.05) is 12.1 Å². The second-order valence-corrected chi connectivity index (χ2v) is 7.29. The lowest BCUT2D eigenvalue weighted by atomic mass is 10.1. The van der Waals surface area contributed by atoms with E-state index in [-0.39, 0.29) is 24.5 Å². The van der Waals surface area contributed by atoms with E-state index in [2.05, 4.69) is 11.4 Å². The topological polar surface area (TPSA) is 58.6 Å². The minimum Gasteiger partial charge on any atom is -0.365 e. The average Bonchev–Trinajstić information content (AvgIpc) is 2.62. The van der Waals surface area contributed by atoms with E-state index in [4.69, 9.17) is 4.74 Å². The Balaban J connectivity index is 1.64.